The van der Waals surface area contributed by atoms with Gasteiger partial charge in [0.2, 0.25) is 0 Å². The van der Waals surface area contributed by atoms with Gasteiger partial charge in [-0.25, -0.2) is 8.42 Å². The van der Waals surface area contributed by atoms with Crippen LogP contribution in [-0.4, -0.2) is 38.2 Å². The molecule has 0 amide bonds. The van der Waals surface area contributed by atoms with Crippen LogP contribution in [0.5, 0.6) is 0 Å². The fourth-order valence-electron chi connectivity index (χ4n) is 1.55. The second-order valence-corrected chi connectivity index (χ2v) is 4.92. The van der Waals surface area contributed by atoms with Gasteiger partial charge in [0.25, 0.3) is 6.79 Å². The molecule has 0 atom stereocenters. The Morgan fingerprint density at radius 1 is 1.19 bits per heavy atom. The molecule has 0 aromatic carbocycles. The van der Waals surface area contributed by atoms with Crippen LogP contribution in [0.2, 0.25) is 0 Å². The summed E-state index contributed by atoms with van der Waals surface area (Å²) in [4.78, 5) is 7.50. The number of ether oxygens (including phenoxy) is 1. The van der Waals surface area contributed by atoms with Gasteiger partial charge in [0.1, 0.15) is 0 Å². The Hall–Kier alpha value is 0.540. The molecule has 0 heterocycles. The van der Waals surface area contributed by atoms with Crippen LogP contribution in [0.25, 0.3) is 0 Å². The van der Waals surface area contributed by atoms with Crippen molar-refractivity contribution in [2.45, 2.75) is 38.2 Å². The Morgan fingerprint density at radius 3 is 2.12 bits per heavy atom. The van der Waals surface area contributed by atoms with E-state index in [0.29, 0.717) is 0 Å². The molecule has 0 unspecified atom stereocenters. The average molecular weight is 258 g/mol. The van der Waals surface area contributed by atoms with Crippen LogP contribution in [0.1, 0.15) is 32.1 Å². The van der Waals surface area contributed by atoms with Crippen molar-refractivity contribution in [1.82, 2.24) is 0 Å². The van der Waals surface area contributed by atoms with Crippen molar-refractivity contribution in [2.24, 2.45) is 0 Å². The van der Waals surface area contributed by atoms with E-state index in [-0.39, 0.29) is 42.3 Å². The van der Waals surface area contributed by atoms with Gasteiger partial charge in [-0.15, -0.1) is 0 Å². The third-order valence-corrected chi connectivity index (χ3v) is 2.91. The van der Waals surface area contributed by atoms with Crippen molar-refractivity contribution < 1.29 is 52.1 Å². The molecule has 1 saturated carbocycles. The number of hydrogen-bond donors (Lipinski definition) is 0. The first-order chi connectivity index (χ1) is 7.08. The summed E-state index contributed by atoms with van der Waals surface area (Å²) in [5, 5.41) is 0. The van der Waals surface area contributed by atoms with Crippen molar-refractivity contribution >= 4 is 16.9 Å². The molecule has 1 aliphatic rings. The van der Waals surface area contributed by atoms with E-state index in [9.17, 15) is 13.0 Å². The molecule has 5 nitrogen and oxygen atoms in total. The molecule has 2 radical (unpaired) electrons. The predicted molar refractivity (Wildman–Crippen MR) is 53.1 cm³/mol. The van der Waals surface area contributed by atoms with Crippen LogP contribution in [0.15, 0.2) is 0 Å². The van der Waals surface area contributed by atoms with E-state index in [1.165, 1.54) is 6.42 Å². The molecule has 0 aliphatic heterocycles. The largest absolute Gasteiger partial charge is 1.00 e. The minimum Gasteiger partial charge on any atom is -0.748 e. The second-order valence-electron chi connectivity index (χ2n) is 3.39. The summed E-state index contributed by atoms with van der Waals surface area (Å²) < 4.78 is 36.0. The van der Waals surface area contributed by atoms with Crippen LogP contribution < -0.4 is 29.6 Å². The van der Waals surface area contributed by atoms with Gasteiger partial charge in [-0.2, -0.15) is 0 Å². The molecule has 16 heavy (non-hydrogen) atoms. The predicted octanol–water partition coefficient (Wildman–Crippen LogP) is -2.51. The maximum absolute atomic E-state index is 10.2. The van der Waals surface area contributed by atoms with Crippen molar-refractivity contribution in [3.8, 4) is 0 Å². The Labute approximate surface area is 119 Å². The molecule has 1 aliphatic carbocycles. The van der Waals surface area contributed by atoms with Crippen LogP contribution >= 0.6 is 0 Å². The number of carbonyl (C=O) groups excluding carboxylic acids is 1. The average Bonchev–Trinajstić information content (AvgIpc) is 2.20. The SMILES string of the molecule is O=S(=O)([O-])CCOC1CCCCC1.[C]=O.[Na+]. The molecular weight excluding hydrogens is 243 g/mol. The van der Waals surface area contributed by atoms with Crippen molar-refractivity contribution in [3.63, 3.8) is 0 Å². The fraction of sp³-hybridized carbons (Fsp3) is 0.889. The number of hydrogen-bond acceptors (Lipinski definition) is 5. The summed E-state index contributed by atoms with van der Waals surface area (Å²) in [5.41, 5.74) is 0. The van der Waals surface area contributed by atoms with Crippen LogP contribution in [0.4, 0.5) is 0 Å². The van der Waals surface area contributed by atoms with Gasteiger partial charge in [-0.1, -0.05) is 19.3 Å². The normalized spacial score (nSPS) is 16.8. The molecule has 7 heteroatoms. The fourth-order valence-corrected chi connectivity index (χ4v) is 1.85. The molecule has 0 aromatic heterocycles. The monoisotopic (exact) mass is 258 g/mol. The van der Waals surface area contributed by atoms with Gasteiger partial charge < -0.3 is 9.29 Å². The first-order valence-electron chi connectivity index (χ1n) is 4.83. The summed E-state index contributed by atoms with van der Waals surface area (Å²) in [6.45, 7) is 4.55. The van der Waals surface area contributed by atoms with Crippen LogP contribution in [0.3, 0.4) is 0 Å². The molecule has 0 N–H and O–H groups in total. The van der Waals surface area contributed by atoms with Crippen molar-refractivity contribution in [3.05, 3.63) is 0 Å². The van der Waals surface area contributed by atoms with Crippen molar-refractivity contribution in [1.29, 1.82) is 0 Å². The third kappa shape index (κ3) is 11.0. The summed E-state index contributed by atoms with van der Waals surface area (Å²) in [5.74, 6) is -0.399. The van der Waals surface area contributed by atoms with E-state index in [0.717, 1.165) is 25.7 Å². The minimum absolute atomic E-state index is 0. The van der Waals surface area contributed by atoms with Gasteiger partial charge >= 0.3 is 29.6 Å². The van der Waals surface area contributed by atoms with Gasteiger partial charge in [0.15, 0.2) is 0 Å². The smallest absolute Gasteiger partial charge is 0.748 e. The van der Waals surface area contributed by atoms with E-state index in [2.05, 4.69) is 6.79 Å². The molecule has 1 rings (SSSR count). The van der Waals surface area contributed by atoms with Gasteiger partial charge in [-0.05, 0) is 12.8 Å². The molecule has 88 valence electrons. The van der Waals surface area contributed by atoms with Gasteiger partial charge in [0, 0.05) is 0 Å². The number of rotatable bonds is 4. The Balaban J connectivity index is 0. The summed E-state index contributed by atoms with van der Waals surface area (Å²) >= 11 is 0. The molecule has 0 saturated heterocycles. The third-order valence-electron chi connectivity index (χ3n) is 2.24. The van der Waals surface area contributed by atoms with E-state index >= 15 is 0 Å². The maximum atomic E-state index is 10.2. The first kappa shape index (κ1) is 18.9. The van der Waals surface area contributed by atoms with Crippen molar-refractivity contribution in [2.75, 3.05) is 12.4 Å². The zero-order valence-corrected chi connectivity index (χ0v) is 12.3. The molecule has 1 fully saturated rings. The molecule has 0 aromatic rings. The molecule has 0 spiro atoms. The Kier molecular flexibility index (Phi) is 12.6. The van der Waals surface area contributed by atoms with Gasteiger partial charge in [-0.3, -0.25) is 4.79 Å². The second kappa shape index (κ2) is 10.7. The standard InChI is InChI=1S/C8H16O4S.CO.Na/c9-13(10,11)7-6-12-8-4-2-1-3-5-8;1-2;/h8H,1-7H2,(H,9,10,11);;/q;;+1/p-1. The van der Waals surface area contributed by atoms with E-state index < -0.39 is 15.9 Å². The van der Waals surface area contributed by atoms with E-state index in [1.54, 1.807) is 0 Å². The van der Waals surface area contributed by atoms with Gasteiger partial charge in [0.05, 0.1) is 28.6 Å². The quantitative estimate of drug-likeness (QED) is 0.411. The molecular formula is C9H15NaO5S. The summed E-state index contributed by atoms with van der Waals surface area (Å²) in [6, 6.07) is 0. The zero-order chi connectivity index (χ0) is 11.7. The first-order valence-corrected chi connectivity index (χ1v) is 6.41. The van der Waals surface area contributed by atoms with Crippen LogP contribution in [0, 0.1) is 0 Å². The Bertz CT molecular complexity index is 249. The summed E-state index contributed by atoms with van der Waals surface area (Å²) in [6.07, 6.45) is 5.71. The maximum Gasteiger partial charge on any atom is 1.00 e. The zero-order valence-electron chi connectivity index (χ0n) is 9.48. The van der Waals surface area contributed by atoms with Crippen LogP contribution in [-0.2, 0) is 19.6 Å². The summed E-state index contributed by atoms with van der Waals surface area (Å²) in [7, 11) is -4.10. The van der Waals surface area contributed by atoms with E-state index in [4.69, 9.17) is 9.53 Å². The topological polar surface area (TPSA) is 83.5 Å². The Morgan fingerprint density at radius 2 is 1.69 bits per heavy atom. The molecule has 0 bridgehead atoms. The van der Waals surface area contributed by atoms with E-state index in [1.807, 2.05) is 0 Å². The minimum atomic E-state index is -4.10.